The number of nitrogens with zero attached hydrogens (tertiary/aromatic N) is 2. The molecule has 11 heteroatoms. The lowest BCUT2D eigenvalue weighted by atomic mass is 9.99. The number of hydrogen-bond donors (Lipinski definition) is 3. The van der Waals surface area contributed by atoms with Crippen LogP contribution in [-0.2, 0) is 0 Å². The summed E-state index contributed by atoms with van der Waals surface area (Å²) in [5, 5.41) is 30.2. The summed E-state index contributed by atoms with van der Waals surface area (Å²) in [5.41, 5.74) is 0.384. The summed E-state index contributed by atoms with van der Waals surface area (Å²) in [6.45, 7) is -0.174. The first kappa shape index (κ1) is 25.0. The number of halogens is 4. The van der Waals surface area contributed by atoms with E-state index >= 15 is 0 Å². The highest BCUT2D eigenvalue weighted by atomic mass is 35.5. The van der Waals surface area contributed by atoms with Crippen molar-refractivity contribution in [1.29, 1.82) is 0 Å². The van der Waals surface area contributed by atoms with Crippen LogP contribution in [0.5, 0.6) is 0 Å². The van der Waals surface area contributed by atoms with Crippen molar-refractivity contribution < 1.29 is 33.7 Å². The molecular weight excluding hydrogens is 505 g/mol. The van der Waals surface area contributed by atoms with Crippen LogP contribution >= 0.6 is 23.2 Å². The normalized spacial score (nSPS) is 14.0. The number of carbonyl (C=O) groups excluding carboxylic acids is 2. The van der Waals surface area contributed by atoms with E-state index in [1.54, 1.807) is 0 Å². The third-order valence-electron chi connectivity index (χ3n) is 5.51. The maximum atomic E-state index is 14.5. The molecule has 3 aromatic carbocycles. The topological polar surface area (TPSA) is 101 Å². The molecule has 0 radical (unpaired) electrons. The van der Waals surface area contributed by atoms with Crippen molar-refractivity contribution in [3.63, 3.8) is 0 Å². The van der Waals surface area contributed by atoms with Crippen LogP contribution in [-0.4, -0.2) is 52.9 Å². The van der Waals surface area contributed by atoms with Crippen LogP contribution in [0.2, 0.25) is 10.0 Å². The lowest BCUT2D eigenvalue weighted by Crippen LogP contribution is -2.54. The number of carbonyl (C=O) groups is 2. The zero-order chi connectivity index (χ0) is 25.5. The highest BCUT2D eigenvalue weighted by Gasteiger charge is 2.41. The van der Waals surface area contributed by atoms with Gasteiger partial charge in [-0.25, -0.2) is 13.7 Å². The average Bonchev–Trinajstić information content (AvgIpc) is 2.77. The van der Waals surface area contributed by atoms with Gasteiger partial charge in [0, 0.05) is 16.1 Å². The summed E-state index contributed by atoms with van der Waals surface area (Å²) in [6, 6.07) is 12.2. The quantitative estimate of drug-likeness (QED) is 0.334. The van der Waals surface area contributed by atoms with E-state index in [0.29, 0.717) is 28.0 Å². The Morgan fingerprint density at radius 2 is 1.77 bits per heavy atom. The van der Waals surface area contributed by atoms with Crippen LogP contribution in [0.4, 0.5) is 20.2 Å². The highest BCUT2D eigenvalue weighted by Crippen LogP contribution is 2.41. The third-order valence-corrected chi connectivity index (χ3v) is 6.16. The molecule has 1 aliphatic rings. The van der Waals surface area contributed by atoms with Crippen molar-refractivity contribution in [1.82, 2.24) is 0 Å². The minimum absolute atomic E-state index is 0.0870. The molecule has 1 fully saturated rings. The van der Waals surface area contributed by atoms with E-state index in [-0.39, 0.29) is 34.4 Å². The van der Waals surface area contributed by atoms with Gasteiger partial charge in [0.05, 0.1) is 35.1 Å². The van der Waals surface area contributed by atoms with Crippen LogP contribution in [0, 0.1) is 5.82 Å². The summed E-state index contributed by atoms with van der Waals surface area (Å²) in [5.74, 6) is -2.41. The second-order valence-electron chi connectivity index (χ2n) is 7.90. The van der Waals surface area contributed by atoms with Gasteiger partial charge < -0.3 is 20.2 Å². The molecule has 1 heterocycles. The Balaban J connectivity index is 1.90. The molecule has 0 atom stereocenters. The van der Waals surface area contributed by atoms with Crippen molar-refractivity contribution in [3.8, 4) is 11.1 Å². The van der Waals surface area contributed by atoms with Crippen molar-refractivity contribution in [3.05, 3.63) is 81.6 Å². The van der Waals surface area contributed by atoms with Gasteiger partial charge in [-0.15, -0.1) is 0 Å². The number of alkyl halides is 1. The number of benzene rings is 3. The van der Waals surface area contributed by atoms with Gasteiger partial charge in [-0.1, -0.05) is 41.4 Å². The maximum absolute atomic E-state index is 14.5. The predicted molar refractivity (Wildman–Crippen MR) is 127 cm³/mol. The van der Waals surface area contributed by atoms with E-state index in [4.69, 9.17) is 23.2 Å². The molecule has 0 unspecified atom stereocenters. The van der Waals surface area contributed by atoms with Gasteiger partial charge in [0.25, 0.3) is 5.91 Å². The molecule has 3 aromatic rings. The predicted octanol–water partition coefficient (Wildman–Crippen LogP) is 4.01. The summed E-state index contributed by atoms with van der Waals surface area (Å²) >= 11 is 12.3. The lowest BCUT2D eigenvalue weighted by Gasteiger charge is -2.40. The number of amides is 1. The maximum Gasteiger partial charge on any atom is 0.376 e. The Morgan fingerprint density at radius 1 is 1.06 bits per heavy atom. The molecule has 0 aromatic heterocycles. The molecule has 1 aliphatic heterocycles. The van der Waals surface area contributed by atoms with Gasteiger partial charge in [-0.05, 0) is 42.0 Å². The minimum atomic E-state index is -3.77. The third kappa shape index (κ3) is 4.86. The lowest BCUT2D eigenvalue weighted by molar-refractivity contribution is -0.304. The van der Waals surface area contributed by atoms with Crippen LogP contribution in [0.15, 0.2) is 54.6 Å². The Morgan fingerprint density at radius 3 is 2.37 bits per heavy atom. The number of hydrogen-bond acceptors (Lipinski definition) is 6. The van der Waals surface area contributed by atoms with Gasteiger partial charge in [-0.3, -0.25) is 9.59 Å². The Bertz CT molecular complexity index is 1290. The fourth-order valence-electron chi connectivity index (χ4n) is 3.81. The highest BCUT2D eigenvalue weighted by molar-refractivity contribution is 6.35. The summed E-state index contributed by atoms with van der Waals surface area (Å²) < 4.78 is 28.2. The fourth-order valence-corrected chi connectivity index (χ4v) is 4.28. The van der Waals surface area contributed by atoms with Gasteiger partial charge >= 0.3 is 6.10 Å². The van der Waals surface area contributed by atoms with E-state index in [0.717, 1.165) is 6.07 Å². The molecule has 7 nitrogen and oxygen atoms in total. The molecule has 0 bridgehead atoms. The smallest absolute Gasteiger partial charge is 0.364 e. The van der Waals surface area contributed by atoms with Crippen LogP contribution in [0.1, 0.15) is 20.7 Å². The van der Waals surface area contributed by atoms with Crippen molar-refractivity contribution in [2.24, 2.45) is 0 Å². The van der Waals surface area contributed by atoms with E-state index < -0.39 is 29.6 Å². The zero-order valence-corrected chi connectivity index (χ0v) is 19.3. The van der Waals surface area contributed by atoms with Crippen LogP contribution in [0.3, 0.4) is 0 Å². The molecule has 35 heavy (non-hydrogen) atoms. The molecular formula is C24H18Cl2F2N2O5. The monoisotopic (exact) mass is 522 g/mol. The first-order valence-electron chi connectivity index (χ1n) is 10.2. The van der Waals surface area contributed by atoms with E-state index in [2.05, 4.69) is 0 Å². The first-order valence-corrected chi connectivity index (χ1v) is 11.0. The number of rotatable bonds is 6. The Labute approximate surface area is 208 Å². The number of anilines is 2. The summed E-state index contributed by atoms with van der Waals surface area (Å²) in [6.07, 6.45) is -4.32. The van der Waals surface area contributed by atoms with E-state index in [1.807, 2.05) is 0 Å². The van der Waals surface area contributed by atoms with Gasteiger partial charge in [-0.2, -0.15) is 0 Å². The first-order chi connectivity index (χ1) is 16.5. The molecule has 0 spiro atoms. The Kier molecular flexibility index (Phi) is 6.81. The number of aliphatic hydroxyl groups is 3. The van der Waals surface area contributed by atoms with E-state index in [1.165, 1.54) is 53.4 Å². The van der Waals surface area contributed by atoms with Gasteiger partial charge in [0.15, 0.2) is 0 Å². The molecule has 3 N–H and O–H groups in total. The van der Waals surface area contributed by atoms with Crippen molar-refractivity contribution >= 4 is 46.8 Å². The summed E-state index contributed by atoms with van der Waals surface area (Å²) in [7, 11) is 0. The molecule has 1 amide bonds. The van der Waals surface area contributed by atoms with E-state index in [9.17, 15) is 33.7 Å². The fraction of sp³-hybridized carbons (Fsp3) is 0.167. The molecule has 4 rings (SSSR count). The minimum Gasteiger partial charge on any atom is -0.364 e. The largest absolute Gasteiger partial charge is 0.376 e. The SMILES string of the molecule is O=Cc1ccc(Cl)c(-c2ccc(N(C(=O)c3c(F)cccc3Cl)C(O)(O)O)c(N3CC(F)C3)c2)c1. The van der Waals surface area contributed by atoms with Crippen molar-refractivity contribution in [2.45, 2.75) is 12.3 Å². The van der Waals surface area contributed by atoms with Crippen molar-refractivity contribution in [2.75, 3.05) is 22.9 Å². The van der Waals surface area contributed by atoms with Gasteiger partial charge in [0.2, 0.25) is 0 Å². The van der Waals surface area contributed by atoms with Gasteiger partial charge in [0.1, 0.15) is 18.3 Å². The van der Waals surface area contributed by atoms with Crippen LogP contribution in [0.25, 0.3) is 11.1 Å². The molecule has 0 aliphatic carbocycles. The Hall–Kier alpha value is -3.08. The molecule has 0 saturated carbocycles. The molecule has 1 saturated heterocycles. The second-order valence-corrected chi connectivity index (χ2v) is 8.71. The second kappa shape index (κ2) is 9.52. The van der Waals surface area contributed by atoms with Crippen LogP contribution < -0.4 is 9.80 Å². The molecule has 182 valence electrons. The standard InChI is InChI=1S/C24H18Cl2F2N2O5/c25-17-6-4-13(12-31)8-16(17)14-5-7-20(21(9-14)29-10-15(27)11-29)30(24(33,34)35)23(32)22-18(26)2-1-3-19(22)28/h1-9,12,15,33-35H,10-11H2. The zero-order valence-electron chi connectivity index (χ0n) is 17.8. The summed E-state index contributed by atoms with van der Waals surface area (Å²) in [4.78, 5) is 26.1. The number of aldehydes is 1. The average molecular weight is 523 g/mol.